The fourth-order valence-electron chi connectivity index (χ4n) is 4.98. The molecule has 2 fully saturated rings. The molecule has 5 unspecified atom stereocenters. The van der Waals surface area contributed by atoms with Crippen molar-refractivity contribution in [1.82, 2.24) is 0 Å². The molecule has 0 saturated heterocycles. The molecule has 2 aliphatic carbocycles. The van der Waals surface area contributed by atoms with Gasteiger partial charge in [-0.25, -0.2) is 0 Å². The minimum absolute atomic E-state index is 0.0520. The van der Waals surface area contributed by atoms with Crippen LogP contribution in [0.2, 0.25) is 3.43 Å². The third-order valence-electron chi connectivity index (χ3n) is 7.19. The van der Waals surface area contributed by atoms with Crippen LogP contribution in [-0.2, 0) is 36.4 Å². The van der Waals surface area contributed by atoms with E-state index in [9.17, 15) is 4.79 Å². The maximum atomic E-state index is 13.1. The first kappa shape index (κ1) is 19.8. The fourth-order valence-corrected chi connectivity index (χ4v) is 13.6. The Morgan fingerprint density at radius 2 is 1.96 bits per heavy atom. The monoisotopic (exact) mass is 596 g/mol. The average Bonchev–Trinajstić information content (AvgIpc) is 2.93. The zero-order valence-electron chi connectivity index (χ0n) is 15.6. The molecule has 3 rings (SSSR count). The van der Waals surface area contributed by atoms with Crippen molar-refractivity contribution in [3.8, 4) is 0 Å². The van der Waals surface area contributed by atoms with Gasteiger partial charge in [0.15, 0.2) is 0 Å². The quantitative estimate of drug-likeness (QED) is 0.330. The predicted molar refractivity (Wildman–Crippen MR) is 98.0 cm³/mol. The van der Waals surface area contributed by atoms with Gasteiger partial charge in [0.25, 0.3) is 0 Å². The van der Waals surface area contributed by atoms with Crippen LogP contribution < -0.4 is 0 Å². The molecule has 5 heteroatoms. The molecule has 0 spiro atoms. The van der Waals surface area contributed by atoms with E-state index in [1.54, 1.807) is 7.11 Å². The number of ether oxygens (including phenoxy) is 2. The third kappa shape index (κ3) is 3.36. The van der Waals surface area contributed by atoms with E-state index >= 15 is 0 Å². The van der Waals surface area contributed by atoms with Gasteiger partial charge in [-0.2, -0.15) is 0 Å². The van der Waals surface area contributed by atoms with Crippen LogP contribution in [0.15, 0.2) is 30.3 Å². The number of benzene rings is 1. The van der Waals surface area contributed by atoms with Crippen molar-refractivity contribution >= 4 is 17.9 Å². The number of methoxy groups -OCH3 is 1. The van der Waals surface area contributed by atoms with Gasteiger partial charge in [0.1, 0.15) is 0 Å². The molecule has 5 atom stereocenters. The van der Waals surface area contributed by atoms with Crippen LogP contribution in [0.3, 0.4) is 0 Å². The normalized spacial score (nSPS) is 32.0. The zero-order chi connectivity index (χ0) is 18.2. The van der Waals surface area contributed by atoms with Crippen LogP contribution in [0.25, 0.3) is 0 Å². The number of fused-ring (bicyclic) bond motifs is 2. The van der Waals surface area contributed by atoms with E-state index in [4.69, 9.17) is 9.47 Å². The standard InChI is InChI=1S/C20H27O3.BrH.Hg/c1-19(2)15-10-11-20(19,3)17(12-15)23-18(21)13-16(22-4)14-8-6-5-7-9-14;;/h5-9,13,15-17H,10-12H2,1-4H3;1H;/q;;+1/p-1. The summed E-state index contributed by atoms with van der Waals surface area (Å²) in [7, 11) is 1.69. The molecule has 1 aromatic carbocycles. The molecule has 0 amide bonds. The number of carbonyl (C=O) groups is 1. The SMILES string of the molecule is COC(c1ccccc1)[CH]([Hg][Br])C(=O)OC1CC2CCC1(C)C2(C)C. The van der Waals surface area contributed by atoms with Gasteiger partial charge in [-0.3, -0.25) is 0 Å². The summed E-state index contributed by atoms with van der Waals surface area (Å²) in [5, 5.41) is 0. The second-order valence-electron chi connectivity index (χ2n) is 8.36. The molecular formula is C20H27BrHgO3. The Kier molecular flexibility index (Phi) is 6.02. The Hall–Kier alpha value is 0.0651. The first-order valence-corrected chi connectivity index (χ1v) is 24.3. The predicted octanol–water partition coefficient (Wildman–Crippen LogP) is 5.31. The third-order valence-corrected chi connectivity index (χ3v) is 17.6. The summed E-state index contributed by atoms with van der Waals surface area (Å²) in [5.41, 5.74) is 1.42. The van der Waals surface area contributed by atoms with E-state index in [2.05, 4.69) is 32.7 Å². The van der Waals surface area contributed by atoms with Gasteiger partial charge in [0, 0.05) is 0 Å². The van der Waals surface area contributed by atoms with E-state index in [1.807, 2.05) is 30.3 Å². The van der Waals surface area contributed by atoms with Crippen molar-refractivity contribution in [3.63, 3.8) is 0 Å². The summed E-state index contributed by atoms with van der Waals surface area (Å²) in [4.78, 5) is 13.1. The van der Waals surface area contributed by atoms with Gasteiger partial charge in [-0.05, 0) is 0 Å². The van der Waals surface area contributed by atoms with Gasteiger partial charge >= 0.3 is 170 Å². The van der Waals surface area contributed by atoms with Gasteiger partial charge in [0.2, 0.25) is 0 Å². The van der Waals surface area contributed by atoms with Crippen LogP contribution in [0, 0.1) is 16.7 Å². The number of hydrogen-bond donors (Lipinski definition) is 0. The summed E-state index contributed by atoms with van der Waals surface area (Å²) in [6, 6.07) is 10.0. The number of carbonyl (C=O) groups excluding carboxylic acids is 1. The second-order valence-corrected chi connectivity index (χ2v) is 18.7. The molecule has 0 aliphatic heterocycles. The molecule has 1 aromatic rings. The number of rotatable bonds is 6. The molecule has 3 nitrogen and oxygen atoms in total. The van der Waals surface area contributed by atoms with Crippen molar-refractivity contribution in [3.05, 3.63) is 35.9 Å². The van der Waals surface area contributed by atoms with E-state index in [1.165, 1.54) is 6.42 Å². The van der Waals surface area contributed by atoms with E-state index < -0.39 is 22.1 Å². The molecule has 134 valence electrons. The van der Waals surface area contributed by atoms with Crippen molar-refractivity contribution in [1.29, 1.82) is 0 Å². The Bertz CT molecular complexity index is 621. The van der Waals surface area contributed by atoms with Gasteiger partial charge in [-0.1, -0.05) is 0 Å². The Balaban J connectivity index is 1.75. The number of halogens is 1. The fraction of sp³-hybridized carbons (Fsp3) is 0.650. The molecule has 25 heavy (non-hydrogen) atoms. The molecule has 0 aromatic heterocycles. The summed E-state index contributed by atoms with van der Waals surface area (Å²) in [6.45, 7) is 7.02. The molecule has 0 heterocycles. The van der Waals surface area contributed by atoms with E-state index in [0.717, 1.165) is 18.4 Å². The molecule has 2 aliphatic rings. The number of hydrogen-bond acceptors (Lipinski definition) is 3. The first-order valence-electron chi connectivity index (χ1n) is 9.19. The minimum atomic E-state index is -1.60. The maximum absolute atomic E-state index is 13.1. The summed E-state index contributed by atoms with van der Waals surface area (Å²) in [6.07, 6.45) is 3.30. The van der Waals surface area contributed by atoms with E-state index in [0.29, 0.717) is 5.92 Å². The molecule has 0 N–H and O–H groups in total. The van der Waals surface area contributed by atoms with Crippen molar-refractivity contribution in [2.45, 2.75) is 55.7 Å². The molecule has 2 bridgehead atoms. The van der Waals surface area contributed by atoms with Crippen LogP contribution >= 0.6 is 11.9 Å². The van der Waals surface area contributed by atoms with E-state index in [-0.39, 0.29) is 32.4 Å². The molecule has 2 saturated carbocycles. The van der Waals surface area contributed by atoms with Crippen LogP contribution in [0.1, 0.15) is 51.7 Å². The van der Waals surface area contributed by atoms with Crippen LogP contribution in [0.5, 0.6) is 0 Å². The number of esters is 1. The Labute approximate surface area is 168 Å². The average molecular weight is 596 g/mol. The van der Waals surface area contributed by atoms with Crippen molar-refractivity contribution < 1.29 is 36.4 Å². The zero-order valence-corrected chi connectivity index (χ0v) is 22.7. The van der Waals surface area contributed by atoms with Crippen molar-refractivity contribution in [2.24, 2.45) is 16.7 Å². The summed E-state index contributed by atoms with van der Waals surface area (Å²) < 4.78 is 11.7. The van der Waals surface area contributed by atoms with Crippen LogP contribution in [0.4, 0.5) is 0 Å². The Morgan fingerprint density at radius 1 is 1.28 bits per heavy atom. The Morgan fingerprint density at radius 3 is 2.44 bits per heavy atom. The second kappa shape index (κ2) is 7.59. The summed E-state index contributed by atoms with van der Waals surface area (Å²) >= 11 is 2.12. The molecule has 0 radical (unpaired) electrons. The summed E-state index contributed by atoms with van der Waals surface area (Å²) in [5.74, 6) is 0.624. The molecular weight excluding hydrogens is 569 g/mol. The van der Waals surface area contributed by atoms with Crippen LogP contribution in [-0.4, -0.2) is 19.2 Å². The first-order chi connectivity index (χ1) is 11.8. The topological polar surface area (TPSA) is 35.5 Å². The van der Waals surface area contributed by atoms with Crippen molar-refractivity contribution in [2.75, 3.05) is 7.11 Å². The van der Waals surface area contributed by atoms with Gasteiger partial charge in [0.05, 0.1) is 0 Å². The van der Waals surface area contributed by atoms with Gasteiger partial charge < -0.3 is 0 Å². The van der Waals surface area contributed by atoms with Gasteiger partial charge in [-0.15, -0.1) is 0 Å².